The van der Waals surface area contributed by atoms with E-state index in [0.29, 0.717) is 12.8 Å². The lowest BCUT2D eigenvalue weighted by Gasteiger charge is -2.46. The summed E-state index contributed by atoms with van der Waals surface area (Å²) in [5.41, 5.74) is 0. The first-order valence-corrected chi connectivity index (χ1v) is 37.1. The second kappa shape index (κ2) is 58.3. The molecule has 87 heavy (non-hydrogen) atoms. The number of carbonyl (C=O) groups is 1. The van der Waals surface area contributed by atoms with Gasteiger partial charge in [-0.3, -0.25) is 4.79 Å². The molecular weight excluding hydrogens is 1100 g/mol. The molecule has 0 aromatic heterocycles. The van der Waals surface area contributed by atoms with E-state index >= 15 is 0 Å². The molecule has 9 N–H and O–H groups in total. The maximum absolute atomic E-state index is 13.4. The van der Waals surface area contributed by atoms with Crippen molar-refractivity contribution in [3.05, 3.63) is 24.3 Å². The minimum atomic E-state index is -1.78. The van der Waals surface area contributed by atoms with Crippen LogP contribution >= 0.6 is 0 Å². The van der Waals surface area contributed by atoms with Gasteiger partial charge in [0.15, 0.2) is 12.6 Å². The summed E-state index contributed by atoms with van der Waals surface area (Å²) in [6.07, 6.45) is 56.2. The van der Waals surface area contributed by atoms with Crippen LogP contribution in [0.5, 0.6) is 0 Å². The molecule has 1 amide bonds. The van der Waals surface area contributed by atoms with Crippen LogP contribution in [0.1, 0.15) is 341 Å². The van der Waals surface area contributed by atoms with Crippen LogP contribution in [0.15, 0.2) is 24.3 Å². The predicted molar refractivity (Wildman–Crippen MR) is 355 cm³/mol. The summed E-state index contributed by atoms with van der Waals surface area (Å²) < 4.78 is 23.0. The van der Waals surface area contributed by atoms with E-state index in [9.17, 15) is 45.6 Å². The zero-order valence-electron chi connectivity index (χ0n) is 56.0. The first-order chi connectivity index (χ1) is 42.6. The van der Waals surface area contributed by atoms with Crippen LogP contribution in [-0.4, -0.2) is 140 Å². The number of hydrogen-bond acceptors (Lipinski definition) is 13. The Morgan fingerprint density at radius 2 is 0.759 bits per heavy atom. The van der Waals surface area contributed by atoms with Gasteiger partial charge in [0.1, 0.15) is 48.8 Å². The Balaban J connectivity index is 1.64. The van der Waals surface area contributed by atoms with E-state index < -0.39 is 86.8 Å². The highest BCUT2D eigenvalue weighted by Crippen LogP contribution is 2.30. The first-order valence-electron chi connectivity index (χ1n) is 37.1. The quantitative estimate of drug-likeness (QED) is 0.0204. The summed E-state index contributed by atoms with van der Waals surface area (Å²) in [5.74, 6) is -0.200. The molecule has 0 bridgehead atoms. The van der Waals surface area contributed by atoms with Gasteiger partial charge in [0, 0.05) is 6.42 Å². The Morgan fingerprint density at radius 3 is 1.15 bits per heavy atom. The average molecular weight is 1240 g/mol. The minimum Gasteiger partial charge on any atom is -0.394 e. The lowest BCUT2D eigenvalue weighted by Crippen LogP contribution is -2.65. The molecule has 0 saturated carbocycles. The zero-order chi connectivity index (χ0) is 63.1. The third-order valence-corrected chi connectivity index (χ3v) is 18.4. The molecular formula is C73H139NO13. The molecule has 2 heterocycles. The summed E-state index contributed by atoms with van der Waals surface area (Å²) >= 11 is 0. The molecule has 14 nitrogen and oxygen atoms in total. The average Bonchev–Trinajstić information content (AvgIpc) is 1.55. The second-order valence-electron chi connectivity index (χ2n) is 26.4. The highest BCUT2D eigenvalue weighted by molar-refractivity contribution is 5.76. The summed E-state index contributed by atoms with van der Waals surface area (Å²) in [6, 6.07) is -0.828. The highest BCUT2D eigenvalue weighted by Gasteiger charge is 2.51. The zero-order valence-corrected chi connectivity index (χ0v) is 56.0. The van der Waals surface area contributed by atoms with E-state index in [-0.39, 0.29) is 12.5 Å². The van der Waals surface area contributed by atoms with Crippen molar-refractivity contribution in [1.29, 1.82) is 0 Å². The predicted octanol–water partition coefficient (Wildman–Crippen LogP) is 15.5. The largest absolute Gasteiger partial charge is 0.394 e. The van der Waals surface area contributed by atoms with Crippen molar-refractivity contribution in [3.63, 3.8) is 0 Å². The topological polar surface area (TPSA) is 228 Å². The Morgan fingerprint density at radius 1 is 0.414 bits per heavy atom. The van der Waals surface area contributed by atoms with Gasteiger partial charge in [-0.2, -0.15) is 0 Å². The molecule has 12 atom stereocenters. The monoisotopic (exact) mass is 1240 g/mol. The standard InChI is InChI=1S/C73H139NO13/c1-3-5-7-9-11-13-15-17-19-21-23-25-27-29-30-31-32-33-35-37-39-41-43-45-47-49-51-53-55-57-65(78)74-61(60-84-72-70(83)68(81)71(64(59-76)86-72)87-73-69(82)67(80)66(79)63(58-75)85-73)62(77)56-54-52-50-48-46-44-42-40-38-36-34-28-26-24-22-20-18-16-14-12-10-8-6-4-2/h15,17,21,23,61-64,66-73,75-77,79-83H,3-14,16,18-20,22,24-60H2,1-2H3,(H,74,78)/b17-15-,23-21-. The maximum atomic E-state index is 13.4. The van der Waals surface area contributed by atoms with Crippen molar-refractivity contribution in [1.82, 2.24) is 5.32 Å². The van der Waals surface area contributed by atoms with Crippen molar-refractivity contribution in [2.75, 3.05) is 19.8 Å². The van der Waals surface area contributed by atoms with Gasteiger partial charge in [-0.15, -0.1) is 0 Å². The number of ether oxygens (including phenoxy) is 4. The van der Waals surface area contributed by atoms with E-state index in [2.05, 4.69) is 43.5 Å². The van der Waals surface area contributed by atoms with Crippen LogP contribution in [0.2, 0.25) is 0 Å². The molecule has 0 radical (unpaired) electrons. The smallest absolute Gasteiger partial charge is 0.220 e. The molecule has 2 aliphatic heterocycles. The molecule has 12 unspecified atom stereocenters. The van der Waals surface area contributed by atoms with Crippen molar-refractivity contribution >= 4 is 5.91 Å². The molecule has 2 rings (SSSR count). The van der Waals surface area contributed by atoms with Crippen LogP contribution in [0.3, 0.4) is 0 Å². The van der Waals surface area contributed by atoms with Gasteiger partial charge in [-0.05, 0) is 44.9 Å². The number of aliphatic hydroxyl groups excluding tert-OH is 8. The molecule has 0 aromatic carbocycles. The molecule has 2 saturated heterocycles. The lowest BCUT2D eigenvalue weighted by atomic mass is 9.97. The number of nitrogens with one attached hydrogen (secondary N) is 1. The number of hydrogen-bond donors (Lipinski definition) is 9. The number of carbonyl (C=O) groups excluding carboxylic acids is 1. The SMILES string of the molecule is CCCCCCC/C=C\C/C=C\CCCCCCCCCCCCCCCCCCCC(=O)NC(COC1OC(CO)C(OC2OC(CO)C(O)C(O)C2O)C(O)C1O)C(O)CCCCCCCCCCCCCCCCCCCCCCCCCC. The fraction of sp³-hybridized carbons (Fsp3) is 0.932. The van der Waals surface area contributed by atoms with E-state index in [4.69, 9.17) is 18.9 Å². The molecule has 0 aliphatic carbocycles. The summed E-state index contributed by atoms with van der Waals surface area (Å²) in [7, 11) is 0. The first kappa shape index (κ1) is 81.6. The fourth-order valence-corrected chi connectivity index (χ4v) is 12.5. The third kappa shape index (κ3) is 42.4. The van der Waals surface area contributed by atoms with Gasteiger partial charge in [0.2, 0.25) is 5.91 Å². The summed E-state index contributed by atoms with van der Waals surface area (Å²) in [6.45, 7) is 2.91. The van der Waals surface area contributed by atoms with Gasteiger partial charge in [-0.1, -0.05) is 314 Å². The van der Waals surface area contributed by atoms with Gasteiger partial charge in [0.05, 0.1) is 32.0 Å². The van der Waals surface area contributed by atoms with Gasteiger partial charge >= 0.3 is 0 Å². The van der Waals surface area contributed by atoms with E-state index in [1.807, 2.05) is 0 Å². The number of allylic oxidation sites excluding steroid dienone is 4. The molecule has 0 spiro atoms. The van der Waals surface area contributed by atoms with Gasteiger partial charge < -0.3 is 65.1 Å². The number of rotatable bonds is 62. The van der Waals surface area contributed by atoms with Crippen molar-refractivity contribution < 1.29 is 64.6 Å². The van der Waals surface area contributed by atoms with Crippen molar-refractivity contribution in [3.8, 4) is 0 Å². The van der Waals surface area contributed by atoms with Crippen LogP contribution < -0.4 is 5.32 Å². The van der Waals surface area contributed by atoms with Crippen LogP contribution in [0.4, 0.5) is 0 Å². The highest BCUT2D eigenvalue weighted by atomic mass is 16.7. The van der Waals surface area contributed by atoms with Gasteiger partial charge in [0.25, 0.3) is 0 Å². The van der Waals surface area contributed by atoms with Crippen LogP contribution in [-0.2, 0) is 23.7 Å². The summed E-state index contributed by atoms with van der Waals surface area (Å²) in [5, 5.41) is 87.7. The second-order valence-corrected chi connectivity index (χ2v) is 26.4. The van der Waals surface area contributed by atoms with E-state index in [1.165, 1.54) is 257 Å². The fourth-order valence-electron chi connectivity index (χ4n) is 12.5. The van der Waals surface area contributed by atoms with Gasteiger partial charge in [-0.25, -0.2) is 0 Å². The normalized spacial score (nSPS) is 23.3. The Bertz CT molecular complexity index is 1550. The lowest BCUT2D eigenvalue weighted by molar-refractivity contribution is -0.359. The Kier molecular flexibility index (Phi) is 54.7. The number of unbranched alkanes of at least 4 members (excludes halogenated alkanes) is 45. The summed E-state index contributed by atoms with van der Waals surface area (Å²) in [4.78, 5) is 13.4. The molecule has 14 heteroatoms. The molecule has 514 valence electrons. The Hall–Kier alpha value is -1.53. The molecule has 2 fully saturated rings. The van der Waals surface area contributed by atoms with Crippen LogP contribution in [0.25, 0.3) is 0 Å². The Labute approximate surface area is 532 Å². The molecule has 2 aliphatic rings. The maximum Gasteiger partial charge on any atom is 0.220 e. The van der Waals surface area contributed by atoms with Crippen LogP contribution in [0, 0.1) is 0 Å². The number of amides is 1. The van der Waals surface area contributed by atoms with Crippen molar-refractivity contribution in [2.45, 2.75) is 415 Å². The third-order valence-electron chi connectivity index (χ3n) is 18.4. The number of aliphatic hydroxyl groups is 8. The van der Waals surface area contributed by atoms with E-state index in [1.54, 1.807) is 0 Å². The molecule has 0 aromatic rings. The minimum absolute atomic E-state index is 0.200. The van der Waals surface area contributed by atoms with E-state index in [0.717, 1.165) is 57.8 Å². The van der Waals surface area contributed by atoms with Crippen molar-refractivity contribution in [2.24, 2.45) is 0 Å².